The third-order valence-electron chi connectivity index (χ3n) is 6.02. The molecule has 0 saturated carbocycles. The molecule has 1 saturated heterocycles. The Kier molecular flexibility index (Phi) is 3.69. The normalized spacial score (nSPS) is 21.5. The number of nitrogens with zero attached hydrogens (tertiary/aromatic N) is 3. The van der Waals surface area contributed by atoms with Gasteiger partial charge in [-0.15, -0.1) is 0 Å². The van der Waals surface area contributed by atoms with Gasteiger partial charge in [-0.2, -0.15) is 0 Å². The van der Waals surface area contributed by atoms with Crippen LogP contribution in [0.25, 0.3) is 10.8 Å². The third-order valence-corrected chi connectivity index (χ3v) is 6.02. The van der Waals surface area contributed by atoms with Gasteiger partial charge in [0.2, 0.25) is 5.43 Å². The summed E-state index contributed by atoms with van der Waals surface area (Å²) in [4.78, 5) is 26.5. The number of carbonyl (C=O) groups excluding carboxylic acids is 1. The first-order valence-corrected chi connectivity index (χ1v) is 9.56. The third kappa shape index (κ3) is 2.27. The average Bonchev–Trinajstić information content (AvgIpc) is 2.73. The zero-order valence-corrected chi connectivity index (χ0v) is 15.6. The van der Waals surface area contributed by atoms with Crippen LogP contribution in [0, 0.1) is 0 Å². The van der Waals surface area contributed by atoms with Gasteiger partial charge in [-0.05, 0) is 35.6 Å². The zero-order chi connectivity index (χ0) is 19.4. The Labute approximate surface area is 162 Å². The number of rotatable bonds is 1. The Balaban J connectivity index is 1.74. The molecule has 1 aromatic heterocycles. The van der Waals surface area contributed by atoms with Gasteiger partial charge in [-0.1, -0.05) is 42.5 Å². The van der Waals surface area contributed by atoms with Crippen LogP contribution in [0.1, 0.15) is 41.4 Å². The van der Waals surface area contributed by atoms with E-state index in [2.05, 4.69) is 35.3 Å². The topological polar surface area (TPSA) is 65.8 Å². The number of benzene rings is 2. The molecule has 1 N–H and O–H groups in total. The van der Waals surface area contributed by atoms with E-state index in [0.29, 0.717) is 0 Å². The molecule has 0 radical (unpaired) electrons. The molecule has 2 aromatic carbocycles. The number of fused-ring (bicyclic) bond motifs is 4. The Morgan fingerprint density at radius 2 is 1.79 bits per heavy atom. The van der Waals surface area contributed by atoms with Crippen LogP contribution in [0.3, 0.4) is 0 Å². The second kappa shape index (κ2) is 6.12. The number of aromatic nitrogens is 1. The number of pyridine rings is 1. The largest absolute Gasteiger partial charge is 0.502 e. The number of aromatic hydroxyl groups is 1. The molecule has 2 unspecified atom stereocenters. The summed E-state index contributed by atoms with van der Waals surface area (Å²) in [5.41, 5.74) is 0.693. The molecule has 28 heavy (non-hydrogen) atoms. The minimum atomic E-state index is -0.537. The first-order valence-electron chi connectivity index (χ1n) is 9.56. The fourth-order valence-electron chi connectivity index (χ4n) is 4.68. The van der Waals surface area contributed by atoms with Crippen molar-refractivity contribution in [3.63, 3.8) is 0 Å². The Hall–Kier alpha value is -3.28. The molecular formula is C22H21N3O3. The second-order valence-corrected chi connectivity index (χ2v) is 7.51. The summed E-state index contributed by atoms with van der Waals surface area (Å²) >= 11 is 0. The minimum Gasteiger partial charge on any atom is -0.502 e. The van der Waals surface area contributed by atoms with Crippen LogP contribution < -0.4 is 10.4 Å². The van der Waals surface area contributed by atoms with Crippen molar-refractivity contribution in [3.8, 4) is 5.75 Å². The van der Waals surface area contributed by atoms with Crippen molar-refractivity contribution in [1.82, 2.24) is 9.58 Å². The molecule has 0 spiro atoms. The van der Waals surface area contributed by atoms with Gasteiger partial charge in [0, 0.05) is 19.3 Å². The standard InChI is InChI=1S/C22H21N3O3/c1-23-19-11-5-10-17(16-9-4-7-14-6-2-3-8-15(14)16)25(19)24-13-12-18(26)21(27)20(24)22(23)28/h2-4,6-9,12-13,17,19,27H,5,10-11H2,1H3. The summed E-state index contributed by atoms with van der Waals surface area (Å²) in [6, 6.07) is 15.9. The van der Waals surface area contributed by atoms with Gasteiger partial charge in [0.25, 0.3) is 5.91 Å². The molecule has 3 aromatic rings. The molecule has 2 aliphatic heterocycles. The van der Waals surface area contributed by atoms with Gasteiger partial charge in [0.05, 0.1) is 6.04 Å². The Bertz CT molecular complexity index is 1150. The fourth-order valence-corrected chi connectivity index (χ4v) is 4.68. The smallest absolute Gasteiger partial charge is 0.277 e. The lowest BCUT2D eigenvalue weighted by Gasteiger charge is -2.51. The van der Waals surface area contributed by atoms with Crippen LogP contribution in [0.15, 0.2) is 59.5 Å². The summed E-state index contributed by atoms with van der Waals surface area (Å²) in [7, 11) is 1.74. The molecule has 2 aliphatic rings. The number of piperidine rings is 1. The molecule has 1 fully saturated rings. The van der Waals surface area contributed by atoms with Gasteiger partial charge in [0.1, 0.15) is 6.17 Å². The predicted octanol–water partition coefficient (Wildman–Crippen LogP) is 2.98. The van der Waals surface area contributed by atoms with Crippen molar-refractivity contribution in [3.05, 3.63) is 76.2 Å². The molecule has 142 valence electrons. The molecule has 6 nitrogen and oxygen atoms in total. The van der Waals surface area contributed by atoms with E-state index >= 15 is 0 Å². The Morgan fingerprint density at radius 1 is 1.00 bits per heavy atom. The quantitative estimate of drug-likeness (QED) is 0.710. The van der Waals surface area contributed by atoms with Gasteiger partial charge < -0.3 is 10.0 Å². The summed E-state index contributed by atoms with van der Waals surface area (Å²) in [6.45, 7) is 0. The fraction of sp³-hybridized carbons (Fsp3) is 0.273. The number of carbonyl (C=O) groups is 1. The SMILES string of the molecule is CN1C(=O)c2c(O)c(=O)ccn2N2C(c3cccc4ccccc34)CCCC12. The minimum absolute atomic E-state index is 0.0288. The molecule has 3 heterocycles. The number of amides is 1. The van der Waals surface area contributed by atoms with E-state index in [4.69, 9.17) is 0 Å². The van der Waals surface area contributed by atoms with Gasteiger partial charge in [-0.3, -0.25) is 19.3 Å². The van der Waals surface area contributed by atoms with E-state index < -0.39 is 11.2 Å². The monoisotopic (exact) mass is 375 g/mol. The maximum absolute atomic E-state index is 12.9. The summed E-state index contributed by atoms with van der Waals surface area (Å²) in [6.07, 6.45) is 4.25. The van der Waals surface area contributed by atoms with Crippen molar-refractivity contribution in [1.29, 1.82) is 0 Å². The highest BCUT2D eigenvalue weighted by atomic mass is 16.3. The van der Waals surface area contributed by atoms with Crippen molar-refractivity contribution in [2.45, 2.75) is 31.5 Å². The number of hydrogen-bond acceptors (Lipinski definition) is 4. The van der Waals surface area contributed by atoms with E-state index in [1.807, 2.05) is 12.1 Å². The van der Waals surface area contributed by atoms with Crippen LogP contribution in [-0.2, 0) is 0 Å². The average molecular weight is 375 g/mol. The lowest BCUT2D eigenvalue weighted by molar-refractivity contribution is 0.0553. The summed E-state index contributed by atoms with van der Waals surface area (Å²) in [5.74, 6) is -0.810. The first-order chi connectivity index (χ1) is 13.6. The maximum Gasteiger partial charge on any atom is 0.277 e. The Morgan fingerprint density at radius 3 is 2.64 bits per heavy atom. The van der Waals surface area contributed by atoms with E-state index in [9.17, 15) is 14.7 Å². The van der Waals surface area contributed by atoms with Crippen molar-refractivity contribution < 1.29 is 9.90 Å². The van der Waals surface area contributed by atoms with Crippen LogP contribution in [0.4, 0.5) is 0 Å². The summed E-state index contributed by atoms with van der Waals surface area (Å²) < 4.78 is 1.69. The molecule has 6 heteroatoms. The molecule has 2 atom stereocenters. The molecule has 5 rings (SSSR count). The highest BCUT2D eigenvalue weighted by molar-refractivity contribution is 5.96. The predicted molar refractivity (Wildman–Crippen MR) is 107 cm³/mol. The molecule has 1 amide bonds. The van der Waals surface area contributed by atoms with Crippen molar-refractivity contribution in [2.24, 2.45) is 0 Å². The highest BCUT2D eigenvalue weighted by Gasteiger charge is 2.43. The lowest BCUT2D eigenvalue weighted by atomic mass is 9.90. The van der Waals surface area contributed by atoms with E-state index in [0.717, 1.165) is 19.3 Å². The van der Waals surface area contributed by atoms with Gasteiger partial charge >= 0.3 is 0 Å². The zero-order valence-electron chi connectivity index (χ0n) is 15.6. The van der Waals surface area contributed by atoms with E-state index in [-0.39, 0.29) is 23.8 Å². The maximum atomic E-state index is 12.9. The second-order valence-electron chi connectivity index (χ2n) is 7.51. The van der Waals surface area contributed by atoms with E-state index in [1.54, 1.807) is 22.8 Å². The van der Waals surface area contributed by atoms with Crippen LogP contribution in [0.2, 0.25) is 0 Å². The highest BCUT2D eigenvalue weighted by Crippen LogP contribution is 2.40. The van der Waals surface area contributed by atoms with Crippen molar-refractivity contribution >= 4 is 16.7 Å². The number of hydrogen-bond donors (Lipinski definition) is 1. The lowest BCUT2D eigenvalue weighted by Crippen LogP contribution is -2.62. The molecule has 0 bridgehead atoms. The molecular weight excluding hydrogens is 354 g/mol. The molecule has 0 aliphatic carbocycles. The van der Waals surface area contributed by atoms with Gasteiger partial charge in [0.15, 0.2) is 11.4 Å². The van der Waals surface area contributed by atoms with Gasteiger partial charge in [-0.25, -0.2) is 0 Å². The van der Waals surface area contributed by atoms with Crippen molar-refractivity contribution in [2.75, 3.05) is 12.1 Å². The first kappa shape index (κ1) is 16.9. The van der Waals surface area contributed by atoms with Crippen LogP contribution in [0.5, 0.6) is 5.75 Å². The van der Waals surface area contributed by atoms with Crippen LogP contribution >= 0.6 is 0 Å². The van der Waals surface area contributed by atoms with E-state index in [1.165, 1.54) is 22.4 Å². The van der Waals surface area contributed by atoms with Crippen LogP contribution in [-0.4, -0.2) is 33.8 Å². The summed E-state index contributed by atoms with van der Waals surface area (Å²) in [5, 5.41) is 14.8.